The topological polar surface area (TPSA) is 92.4 Å². The zero-order valence-corrected chi connectivity index (χ0v) is 16.2. The van der Waals surface area contributed by atoms with E-state index in [0.29, 0.717) is 28.3 Å². The number of esters is 1. The Hall–Kier alpha value is -3.81. The first-order valence-electron chi connectivity index (χ1n) is 8.70. The highest BCUT2D eigenvalue weighted by atomic mass is 16.8. The average molecular weight is 396 g/mol. The zero-order chi connectivity index (χ0) is 20.6. The lowest BCUT2D eigenvalue weighted by Crippen LogP contribution is -2.10. The van der Waals surface area contributed by atoms with Crippen LogP contribution in [-0.2, 0) is 19.1 Å². The number of nitrogens with zero attached hydrogens (tertiary/aromatic N) is 2. The first-order valence-corrected chi connectivity index (χ1v) is 8.70. The lowest BCUT2D eigenvalue weighted by molar-refractivity contribution is -0.149. The molecule has 0 saturated heterocycles. The molecular weight excluding hydrogens is 376 g/mol. The van der Waals surface area contributed by atoms with E-state index < -0.39 is 5.97 Å². The standard InChI is InChI=1S/C21H20N2O6/c1-14(20-17-10-9-16(26-3)11-19(17)29-23-20)22-28-13-27-21(24)18(12-25-2)15-7-5-4-6-8-15/h4-12H,13H2,1-3H3. The zero-order valence-electron chi connectivity index (χ0n) is 16.2. The quantitative estimate of drug-likeness (QED) is 0.109. The summed E-state index contributed by atoms with van der Waals surface area (Å²) in [6, 6.07) is 14.4. The highest BCUT2D eigenvalue weighted by molar-refractivity contribution is 6.16. The van der Waals surface area contributed by atoms with E-state index in [0.717, 1.165) is 5.39 Å². The molecule has 0 amide bonds. The minimum atomic E-state index is -0.593. The van der Waals surface area contributed by atoms with Crippen LogP contribution in [0.25, 0.3) is 16.5 Å². The summed E-state index contributed by atoms with van der Waals surface area (Å²) in [5, 5.41) is 8.71. The molecule has 1 heterocycles. The van der Waals surface area contributed by atoms with Crippen molar-refractivity contribution >= 4 is 28.2 Å². The number of aromatic nitrogens is 1. The molecule has 3 aromatic rings. The molecule has 8 nitrogen and oxygen atoms in total. The maximum Gasteiger partial charge on any atom is 0.344 e. The molecule has 0 N–H and O–H groups in total. The molecule has 0 aliphatic rings. The van der Waals surface area contributed by atoms with Gasteiger partial charge < -0.3 is 23.6 Å². The monoisotopic (exact) mass is 396 g/mol. The molecule has 0 radical (unpaired) electrons. The Morgan fingerprint density at radius 1 is 1.17 bits per heavy atom. The number of rotatable bonds is 8. The molecule has 0 bridgehead atoms. The Labute approximate surface area is 167 Å². The van der Waals surface area contributed by atoms with Crippen molar-refractivity contribution < 1.29 is 28.4 Å². The van der Waals surface area contributed by atoms with E-state index in [-0.39, 0.29) is 12.4 Å². The number of oxime groups is 1. The van der Waals surface area contributed by atoms with Crippen molar-refractivity contribution in [2.75, 3.05) is 21.0 Å². The van der Waals surface area contributed by atoms with Gasteiger partial charge in [-0.2, -0.15) is 0 Å². The molecule has 29 heavy (non-hydrogen) atoms. The van der Waals surface area contributed by atoms with Crippen molar-refractivity contribution in [3.05, 3.63) is 66.1 Å². The molecule has 1 aromatic heterocycles. The third-order valence-corrected chi connectivity index (χ3v) is 4.01. The predicted octanol–water partition coefficient (Wildman–Crippen LogP) is 3.77. The second-order valence-corrected chi connectivity index (χ2v) is 5.88. The van der Waals surface area contributed by atoms with E-state index in [1.807, 2.05) is 24.3 Å². The maximum absolute atomic E-state index is 12.3. The highest BCUT2D eigenvalue weighted by Crippen LogP contribution is 2.24. The van der Waals surface area contributed by atoms with Gasteiger partial charge in [0.1, 0.15) is 22.7 Å². The number of fused-ring (bicyclic) bond motifs is 1. The molecule has 0 aliphatic heterocycles. The number of carbonyl (C=O) groups is 1. The number of benzene rings is 2. The largest absolute Gasteiger partial charge is 0.503 e. The van der Waals surface area contributed by atoms with Gasteiger partial charge in [-0.25, -0.2) is 4.79 Å². The van der Waals surface area contributed by atoms with E-state index in [4.69, 9.17) is 23.6 Å². The first-order chi connectivity index (χ1) is 14.1. The summed E-state index contributed by atoms with van der Waals surface area (Å²) in [5.41, 5.74) is 2.51. The van der Waals surface area contributed by atoms with Crippen molar-refractivity contribution in [3.63, 3.8) is 0 Å². The van der Waals surface area contributed by atoms with Crippen LogP contribution in [0.2, 0.25) is 0 Å². The van der Waals surface area contributed by atoms with Crippen LogP contribution in [0, 0.1) is 0 Å². The second kappa shape index (κ2) is 9.41. The summed E-state index contributed by atoms with van der Waals surface area (Å²) in [4.78, 5) is 17.4. The van der Waals surface area contributed by atoms with Crippen molar-refractivity contribution in [1.82, 2.24) is 5.16 Å². The van der Waals surface area contributed by atoms with Gasteiger partial charge in [-0.3, -0.25) is 0 Å². The van der Waals surface area contributed by atoms with Crippen molar-refractivity contribution in [1.29, 1.82) is 0 Å². The SMILES string of the molecule is COC=C(C(=O)OCON=C(C)c1noc2cc(OC)ccc12)c1ccccc1. The maximum atomic E-state index is 12.3. The second-order valence-electron chi connectivity index (χ2n) is 5.88. The Kier molecular flexibility index (Phi) is 6.47. The minimum Gasteiger partial charge on any atom is -0.503 e. The van der Waals surface area contributed by atoms with Gasteiger partial charge in [0.05, 0.1) is 25.9 Å². The summed E-state index contributed by atoms with van der Waals surface area (Å²) in [6.07, 6.45) is 1.32. The molecule has 0 fully saturated rings. The van der Waals surface area contributed by atoms with E-state index in [9.17, 15) is 4.79 Å². The third-order valence-electron chi connectivity index (χ3n) is 4.01. The number of ether oxygens (including phenoxy) is 3. The summed E-state index contributed by atoms with van der Waals surface area (Å²) in [5.74, 6) is 0.0705. The van der Waals surface area contributed by atoms with Gasteiger partial charge in [0.2, 0.25) is 0 Å². The van der Waals surface area contributed by atoms with Gasteiger partial charge in [-0.05, 0) is 24.6 Å². The van der Waals surface area contributed by atoms with Gasteiger partial charge in [-0.15, -0.1) is 0 Å². The molecule has 8 heteroatoms. The van der Waals surface area contributed by atoms with E-state index in [1.165, 1.54) is 13.4 Å². The smallest absolute Gasteiger partial charge is 0.344 e. The van der Waals surface area contributed by atoms with Crippen molar-refractivity contribution in [3.8, 4) is 5.75 Å². The molecule has 2 aromatic carbocycles. The van der Waals surface area contributed by atoms with E-state index in [2.05, 4.69) is 10.3 Å². The molecule has 0 saturated carbocycles. The van der Waals surface area contributed by atoms with Crippen LogP contribution in [0.1, 0.15) is 18.2 Å². The summed E-state index contributed by atoms with van der Waals surface area (Å²) in [6.45, 7) is 1.34. The molecule has 150 valence electrons. The number of hydrogen-bond acceptors (Lipinski definition) is 8. The molecule has 0 aliphatic carbocycles. The minimum absolute atomic E-state index is 0.272. The van der Waals surface area contributed by atoms with Crippen LogP contribution >= 0.6 is 0 Å². The Morgan fingerprint density at radius 3 is 2.69 bits per heavy atom. The van der Waals surface area contributed by atoms with E-state index >= 15 is 0 Å². The van der Waals surface area contributed by atoms with Gasteiger partial charge >= 0.3 is 5.97 Å². The van der Waals surface area contributed by atoms with E-state index in [1.54, 1.807) is 38.3 Å². The molecule has 0 unspecified atom stereocenters. The van der Waals surface area contributed by atoms with Gasteiger partial charge in [0.15, 0.2) is 5.58 Å². The third kappa shape index (κ3) is 4.73. The molecule has 0 spiro atoms. The first kappa shape index (κ1) is 19.9. The number of carbonyl (C=O) groups excluding carboxylic acids is 1. The fourth-order valence-electron chi connectivity index (χ4n) is 2.60. The van der Waals surface area contributed by atoms with Gasteiger partial charge in [-0.1, -0.05) is 40.6 Å². The van der Waals surface area contributed by atoms with Crippen LogP contribution in [0.15, 0.2) is 64.5 Å². The molecular formula is C21H20N2O6. The van der Waals surface area contributed by atoms with Crippen LogP contribution in [0.4, 0.5) is 0 Å². The summed E-state index contributed by atoms with van der Waals surface area (Å²) in [7, 11) is 3.03. The Balaban J connectivity index is 1.62. The molecule has 3 rings (SSSR count). The van der Waals surface area contributed by atoms with Gasteiger partial charge in [0.25, 0.3) is 6.79 Å². The van der Waals surface area contributed by atoms with Crippen LogP contribution < -0.4 is 4.74 Å². The number of methoxy groups -OCH3 is 2. The van der Waals surface area contributed by atoms with Crippen LogP contribution in [-0.4, -0.2) is 37.9 Å². The highest BCUT2D eigenvalue weighted by Gasteiger charge is 2.15. The van der Waals surface area contributed by atoms with Crippen molar-refractivity contribution in [2.45, 2.75) is 6.92 Å². The predicted molar refractivity (Wildman–Crippen MR) is 106 cm³/mol. The lowest BCUT2D eigenvalue weighted by atomic mass is 10.1. The summed E-state index contributed by atoms with van der Waals surface area (Å²) >= 11 is 0. The Morgan fingerprint density at radius 2 is 1.97 bits per heavy atom. The van der Waals surface area contributed by atoms with Gasteiger partial charge in [0, 0.05) is 6.07 Å². The lowest BCUT2D eigenvalue weighted by Gasteiger charge is -2.07. The average Bonchev–Trinajstić information content (AvgIpc) is 3.18. The summed E-state index contributed by atoms with van der Waals surface area (Å²) < 4.78 is 20.5. The fraction of sp³-hybridized carbons (Fsp3) is 0.190. The molecule has 0 atom stereocenters. The number of hydrogen-bond donors (Lipinski definition) is 0. The van der Waals surface area contributed by atoms with Crippen molar-refractivity contribution in [2.24, 2.45) is 5.16 Å². The fourth-order valence-corrected chi connectivity index (χ4v) is 2.60. The van der Waals surface area contributed by atoms with Crippen LogP contribution in [0.3, 0.4) is 0 Å². The normalized spacial score (nSPS) is 12.0. The van der Waals surface area contributed by atoms with Crippen LogP contribution in [0.5, 0.6) is 5.75 Å². The Bertz CT molecular complexity index is 1040.